The van der Waals surface area contributed by atoms with Crippen molar-refractivity contribution in [2.24, 2.45) is 0 Å². The Labute approximate surface area is 134 Å². The monoisotopic (exact) mass is 369 g/mol. The third kappa shape index (κ3) is 2.62. The quantitative estimate of drug-likeness (QED) is 0.810. The third-order valence-electron chi connectivity index (χ3n) is 3.35. The van der Waals surface area contributed by atoms with Crippen LogP contribution >= 0.6 is 39.4 Å². The van der Waals surface area contributed by atoms with Gasteiger partial charge in [0.2, 0.25) is 0 Å². The molecule has 1 aliphatic heterocycles. The molecule has 2 heterocycles. The molecule has 0 saturated heterocycles. The number of carbonyl (C=O) groups excluding carboxylic acids is 1. The molecule has 0 N–H and O–H groups in total. The number of aromatic nitrogens is 2. The zero-order chi connectivity index (χ0) is 14.1. The molecular formula is C13H12BrN3OS2. The summed E-state index contributed by atoms with van der Waals surface area (Å²) in [5.41, 5.74) is 1.63. The first kappa shape index (κ1) is 14.0. The second kappa shape index (κ2) is 5.83. The molecule has 1 aromatic heterocycles. The molecule has 0 aliphatic carbocycles. The van der Waals surface area contributed by atoms with Gasteiger partial charge in [0.15, 0.2) is 5.69 Å². The van der Waals surface area contributed by atoms with Crippen molar-refractivity contribution < 1.29 is 4.79 Å². The Bertz CT molecular complexity index is 633. The third-order valence-corrected chi connectivity index (χ3v) is 5.44. The summed E-state index contributed by atoms with van der Waals surface area (Å²) in [7, 11) is 1.84. The molecule has 1 aromatic carbocycles. The average molecular weight is 370 g/mol. The van der Waals surface area contributed by atoms with Gasteiger partial charge in [-0.2, -0.15) is 8.75 Å². The molecule has 0 saturated carbocycles. The molecule has 2 aromatic rings. The topological polar surface area (TPSA) is 46.1 Å². The Morgan fingerprint density at radius 1 is 1.50 bits per heavy atom. The van der Waals surface area contributed by atoms with E-state index in [-0.39, 0.29) is 11.9 Å². The molecule has 1 amide bonds. The minimum atomic E-state index is -0.0680. The second-order valence-corrected chi connectivity index (χ2v) is 7.15. The molecule has 0 bridgehead atoms. The van der Waals surface area contributed by atoms with Gasteiger partial charge in [-0.15, -0.1) is 11.8 Å². The molecule has 4 nitrogen and oxygen atoms in total. The van der Waals surface area contributed by atoms with Gasteiger partial charge in [-0.3, -0.25) is 4.79 Å². The number of benzene rings is 1. The van der Waals surface area contributed by atoms with E-state index in [2.05, 4.69) is 36.8 Å². The Morgan fingerprint density at radius 2 is 2.35 bits per heavy atom. The van der Waals surface area contributed by atoms with Crippen molar-refractivity contribution in [3.8, 4) is 0 Å². The Hall–Kier alpha value is -0.920. The van der Waals surface area contributed by atoms with Crippen molar-refractivity contribution in [1.29, 1.82) is 0 Å². The van der Waals surface area contributed by atoms with Gasteiger partial charge in [-0.25, -0.2) is 0 Å². The van der Waals surface area contributed by atoms with E-state index in [1.807, 2.05) is 24.9 Å². The maximum atomic E-state index is 12.4. The molecule has 7 heteroatoms. The summed E-state index contributed by atoms with van der Waals surface area (Å²) >= 11 is 6.41. The maximum absolute atomic E-state index is 12.4. The van der Waals surface area contributed by atoms with E-state index < -0.39 is 0 Å². The zero-order valence-corrected chi connectivity index (χ0v) is 14.0. The lowest BCUT2D eigenvalue weighted by Crippen LogP contribution is -2.33. The molecule has 0 fully saturated rings. The van der Waals surface area contributed by atoms with Gasteiger partial charge in [0.05, 0.1) is 24.0 Å². The van der Waals surface area contributed by atoms with E-state index in [9.17, 15) is 4.79 Å². The number of thioether (sulfide) groups is 1. The van der Waals surface area contributed by atoms with Crippen molar-refractivity contribution in [2.75, 3.05) is 12.8 Å². The molecule has 3 rings (SSSR count). The van der Waals surface area contributed by atoms with Gasteiger partial charge in [-0.05, 0) is 30.2 Å². The summed E-state index contributed by atoms with van der Waals surface area (Å²) < 4.78 is 8.97. The Morgan fingerprint density at radius 3 is 3.10 bits per heavy atom. The van der Waals surface area contributed by atoms with Crippen LogP contribution in [0.1, 0.15) is 28.5 Å². The predicted molar refractivity (Wildman–Crippen MR) is 84.2 cm³/mol. The van der Waals surface area contributed by atoms with Gasteiger partial charge in [0, 0.05) is 22.2 Å². The van der Waals surface area contributed by atoms with Crippen molar-refractivity contribution in [3.63, 3.8) is 0 Å². The van der Waals surface area contributed by atoms with Crippen LogP contribution in [0.4, 0.5) is 0 Å². The molecule has 0 spiro atoms. The van der Waals surface area contributed by atoms with Gasteiger partial charge in [0.25, 0.3) is 5.91 Å². The Balaban J connectivity index is 1.92. The molecule has 0 radical (unpaired) electrons. The lowest BCUT2D eigenvalue weighted by molar-refractivity contribution is 0.0719. The number of carbonyl (C=O) groups is 1. The van der Waals surface area contributed by atoms with Crippen LogP contribution in [0.2, 0.25) is 0 Å². The SMILES string of the molecule is CN(C(=O)c1cnsn1)C1CCSc2ccc(Br)cc21. The van der Waals surface area contributed by atoms with Gasteiger partial charge in [-0.1, -0.05) is 15.9 Å². The minimum Gasteiger partial charge on any atom is -0.333 e. The number of halogens is 1. The molecular weight excluding hydrogens is 358 g/mol. The van der Waals surface area contributed by atoms with E-state index in [0.717, 1.165) is 28.4 Å². The van der Waals surface area contributed by atoms with Crippen molar-refractivity contribution >= 4 is 45.3 Å². The van der Waals surface area contributed by atoms with Gasteiger partial charge >= 0.3 is 0 Å². The minimum absolute atomic E-state index is 0.0680. The van der Waals surface area contributed by atoms with E-state index in [1.165, 1.54) is 16.7 Å². The second-order valence-electron chi connectivity index (χ2n) is 4.54. The first-order valence-electron chi connectivity index (χ1n) is 6.14. The number of fused-ring (bicyclic) bond motifs is 1. The molecule has 104 valence electrons. The van der Waals surface area contributed by atoms with Crippen LogP contribution in [-0.2, 0) is 0 Å². The number of rotatable bonds is 2. The smallest absolute Gasteiger partial charge is 0.275 e. The molecule has 1 unspecified atom stereocenters. The van der Waals surface area contributed by atoms with E-state index >= 15 is 0 Å². The summed E-state index contributed by atoms with van der Waals surface area (Å²) in [6, 6.07) is 6.35. The summed E-state index contributed by atoms with van der Waals surface area (Å²) in [5.74, 6) is 0.952. The fraction of sp³-hybridized carbons (Fsp3) is 0.308. The first-order valence-corrected chi connectivity index (χ1v) is 8.64. The molecule has 1 atom stereocenters. The van der Waals surface area contributed by atoms with Crippen LogP contribution in [0.15, 0.2) is 33.8 Å². The van der Waals surface area contributed by atoms with Crippen molar-refractivity contribution in [2.45, 2.75) is 17.4 Å². The highest BCUT2D eigenvalue weighted by Gasteiger charge is 2.28. The largest absolute Gasteiger partial charge is 0.333 e. The lowest BCUT2D eigenvalue weighted by atomic mass is 10.0. The predicted octanol–water partition coefficient (Wildman–Crippen LogP) is 3.61. The fourth-order valence-corrected chi connectivity index (χ4v) is 4.20. The lowest BCUT2D eigenvalue weighted by Gasteiger charge is -2.32. The van der Waals surface area contributed by atoms with Crippen LogP contribution in [0, 0.1) is 0 Å². The van der Waals surface area contributed by atoms with Crippen molar-refractivity contribution in [1.82, 2.24) is 13.6 Å². The normalized spacial score (nSPS) is 17.6. The van der Waals surface area contributed by atoms with Crippen LogP contribution in [-0.4, -0.2) is 32.4 Å². The fourth-order valence-electron chi connectivity index (χ4n) is 2.33. The number of hydrogen-bond acceptors (Lipinski definition) is 5. The highest BCUT2D eigenvalue weighted by Crippen LogP contribution is 2.40. The van der Waals surface area contributed by atoms with Crippen molar-refractivity contribution in [3.05, 3.63) is 40.1 Å². The van der Waals surface area contributed by atoms with Crippen LogP contribution in [0.25, 0.3) is 0 Å². The first-order chi connectivity index (χ1) is 9.66. The van der Waals surface area contributed by atoms with Gasteiger partial charge in [0.1, 0.15) is 0 Å². The van der Waals surface area contributed by atoms with Crippen LogP contribution in [0.3, 0.4) is 0 Å². The van der Waals surface area contributed by atoms with Crippen LogP contribution in [0.5, 0.6) is 0 Å². The van der Waals surface area contributed by atoms with E-state index in [1.54, 1.807) is 4.90 Å². The maximum Gasteiger partial charge on any atom is 0.275 e. The van der Waals surface area contributed by atoms with Crippen LogP contribution < -0.4 is 0 Å². The zero-order valence-electron chi connectivity index (χ0n) is 10.7. The average Bonchev–Trinajstić information content (AvgIpc) is 2.99. The highest BCUT2D eigenvalue weighted by molar-refractivity contribution is 9.10. The number of amides is 1. The summed E-state index contributed by atoms with van der Waals surface area (Å²) in [4.78, 5) is 15.4. The molecule has 1 aliphatic rings. The number of nitrogens with zero attached hydrogens (tertiary/aromatic N) is 3. The van der Waals surface area contributed by atoms with Gasteiger partial charge < -0.3 is 4.90 Å². The standard InChI is InChI=1S/C13H12BrN3OS2/c1-17(13(18)10-7-15-20-16-10)11-4-5-19-12-3-2-8(14)6-9(11)12/h2-3,6-7,11H,4-5H2,1H3. The molecule has 20 heavy (non-hydrogen) atoms. The van der Waals surface area contributed by atoms with E-state index in [4.69, 9.17) is 0 Å². The Kier molecular flexibility index (Phi) is 4.09. The van der Waals surface area contributed by atoms with E-state index in [0.29, 0.717) is 5.69 Å². The highest BCUT2D eigenvalue weighted by atomic mass is 79.9. The summed E-state index contributed by atoms with van der Waals surface area (Å²) in [5, 5.41) is 0. The summed E-state index contributed by atoms with van der Waals surface area (Å²) in [6.45, 7) is 0. The summed E-state index contributed by atoms with van der Waals surface area (Å²) in [6.07, 6.45) is 2.48. The number of hydrogen-bond donors (Lipinski definition) is 0.